The van der Waals surface area contributed by atoms with E-state index >= 15 is 0 Å². The van der Waals surface area contributed by atoms with Crippen LogP contribution in [0.15, 0.2) is 16.4 Å². The van der Waals surface area contributed by atoms with Gasteiger partial charge in [0.2, 0.25) is 0 Å². The van der Waals surface area contributed by atoms with Crippen LogP contribution in [0.1, 0.15) is 12.5 Å². The van der Waals surface area contributed by atoms with Gasteiger partial charge in [0.05, 0.1) is 18.1 Å². The van der Waals surface area contributed by atoms with Crippen molar-refractivity contribution in [3.05, 3.63) is 27.5 Å². The van der Waals surface area contributed by atoms with Crippen LogP contribution >= 0.6 is 11.3 Å². The van der Waals surface area contributed by atoms with Crippen LogP contribution in [0.5, 0.6) is 5.88 Å². The Hall–Kier alpha value is -1.44. The van der Waals surface area contributed by atoms with Gasteiger partial charge < -0.3 is 15.3 Å². The van der Waals surface area contributed by atoms with Crippen LogP contribution < -0.4 is 15.2 Å². The molecule has 0 saturated carbocycles. The van der Waals surface area contributed by atoms with Crippen molar-refractivity contribution in [1.29, 1.82) is 0 Å². The Bertz CT molecular complexity index is 619. The van der Waals surface area contributed by atoms with Crippen molar-refractivity contribution in [2.75, 3.05) is 6.61 Å². The van der Waals surface area contributed by atoms with Crippen LogP contribution in [0.4, 0.5) is 0 Å². The summed E-state index contributed by atoms with van der Waals surface area (Å²) in [6.45, 7) is 1.29. The zero-order chi connectivity index (χ0) is 13.3. The van der Waals surface area contributed by atoms with Gasteiger partial charge in [0.25, 0.3) is 0 Å². The fourth-order valence-corrected chi connectivity index (χ4v) is 2.69. The van der Waals surface area contributed by atoms with Crippen LogP contribution in [0.25, 0.3) is 4.96 Å². The van der Waals surface area contributed by atoms with E-state index < -0.39 is 18.6 Å². The van der Waals surface area contributed by atoms with Gasteiger partial charge >= 0.3 is 10.5 Å². The molecule has 7 heteroatoms. The Balaban J connectivity index is 2.70. The molecule has 0 aliphatic heterocycles. The molecule has 2 aromatic rings. The normalized spacial score (nSPS) is 13.1. The quantitative estimate of drug-likeness (QED) is 0.671. The van der Waals surface area contributed by atoms with E-state index in [1.54, 1.807) is 18.5 Å². The van der Waals surface area contributed by atoms with Crippen molar-refractivity contribution in [2.45, 2.75) is 26.0 Å². The number of aliphatic hydroxyl groups is 2. The summed E-state index contributed by atoms with van der Waals surface area (Å²) in [7, 11) is 0. The lowest BCUT2D eigenvalue weighted by atomic mass is 10.2. The third-order valence-corrected chi connectivity index (χ3v) is 3.64. The van der Waals surface area contributed by atoms with Gasteiger partial charge in [-0.05, 0) is 6.42 Å². The summed E-state index contributed by atoms with van der Waals surface area (Å²) in [6.07, 6.45) is 0.921. The Morgan fingerprint density at radius 3 is 2.94 bits per heavy atom. The van der Waals surface area contributed by atoms with Gasteiger partial charge in [-0.15, -0.1) is 0 Å². The summed E-state index contributed by atoms with van der Waals surface area (Å²) < 4.78 is 2.74. The Morgan fingerprint density at radius 1 is 1.61 bits per heavy atom. The van der Waals surface area contributed by atoms with E-state index in [9.17, 15) is 15.0 Å². The average molecular weight is 270 g/mol. The van der Waals surface area contributed by atoms with Crippen LogP contribution in [-0.4, -0.2) is 27.3 Å². The third kappa shape index (κ3) is 2.00. The predicted molar refractivity (Wildman–Crippen MR) is 63.7 cm³/mol. The maximum Gasteiger partial charge on any atom is 0.348 e. The topological polar surface area (TPSA) is 88.9 Å². The average Bonchev–Trinajstić information content (AvgIpc) is 2.84. The molecule has 0 saturated heterocycles. The molecule has 0 fully saturated rings. The number of fused-ring (bicyclic) bond motifs is 1. The Morgan fingerprint density at radius 2 is 2.33 bits per heavy atom. The number of hydrogen-bond donors (Lipinski definition) is 2. The molecule has 98 valence electrons. The van der Waals surface area contributed by atoms with Gasteiger partial charge in [0, 0.05) is 5.38 Å². The van der Waals surface area contributed by atoms with Crippen molar-refractivity contribution >= 4 is 16.3 Å². The molecule has 0 bridgehead atoms. The minimum Gasteiger partial charge on any atom is -0.842 e. The number of hydrogen-bond acceptors (Lipinski definition) is 5. The second-order valence-electron chi connectivity index (χ2n) is 3.94. The molecule has 0 spiro atoms. The first-order valence-electron chi connectivity index (χ1n) is 5.60. The van der Waals surface area contributed by atoms with E-state index in [4.69, 9.17) is 5.11 Å². The summed E-state index contributed by atoms with van der Waals surface area (Å²) >= 11 is 1.25. The number of thiazole rings is 1. The van der Waals surface area contributed by atoms with Crippen LogP contribution in [0, 0.1) is 0 Å². The van der Waals surface area contributed by atoms with E-state index in [-0.39, 0.29) is 17.7 Å². The van der Waals surface area contributed by atoms with Crippen molar-refractivity contribution in [3.8, 4) is 5.88 Å². The van der Waals surface area contributed by atoms with E-state index in [0.29, 0.717) is 11.4 Å². The second kappa shape index (κ2) is 5.05. The molecule has 2 rings (SSSR count). The molecule has 0 aliphatic rings. The highest BCUT2D eigenvalue weighted by molar-refractivity contribution is 7.14. The van der Waals surface area contributed by atoms with E-state index in [2.05, 4.69) is 0 Å². The molecular formula is C11H14N2O4S. The zero-order valence-electron chi connectivity index (χ0n) is 9.87. The van der Waals surface area contributed by atoms with E-state index in [1.807, 2.05) is 0 Å². The lowest BCUT2D eigenvalue weighted by Crippen LogP contribution is -2.48. The third-order valence-electron chi connectivity index (χ3n) is 2.76. The van der Waals surface area contributed by atoms with Gasteiger partial charge in [-0.2, -0.15) is 4.40 Å². The van der Waals surface area contributed by atoms with Crippen molar-refractivity contribution in [1.82, 2.24) is 4.40 Å². The number of aromatic nitrogens is 2. The first kappa shape index (κ1) is 13.0. The molecule has 1 atom stereocenters. The minimum absolute atomic E-state index is 0.0212. The molecule has 0 amide bonds. The highest BCUT2D eigenvalue weighted by Crippen LogP contribution is 2.11. The van der Waals surface area contributed by atoms with Crippen molar-refractivity contribution < 1.29 is 19.9 Å². The molecule has 2 heterocycles. The van der Waals surface area contributed by atoms with E-state index in [0.717, 1.165) is 0 Å². The van der Waals surface area contributed by atoms with Crippen LogP contribution in [0.2, 0.25) is 0 Å². The molecule has 18 heavy (non-hydrogen) atoms. The summed E-state index contributed by atoms with van der Waals surface area (Å²) in [4.78, 5) is 12.5. The largest absolute Gasteiger partial charge is 0.842 e. The zero-order valence-corrected chi connectivity index (χ0v) is 10.7. The number of nitrogens with zero attached hydrogens (tertiary/aromatic N) is 2. The number of rotatable bonds is 4. The van der Waals surface area contributed by atoms with Crippen LogP contribution in [-0.2, 0) is 13.0 Å². The summed E-state index contributed by atoms with van der Waals surface area (Å²) in [5.74, 6) is -0.391. The number of aliphatic hydroxyl groups excluding tert-OH is 2. The molecule has 0 radical (unpaired) electrons. The van der Waals surface area contributed by atoms with Crippen molar-refractivity contribution in [2.24, 2.45) is 0 Å². The fourth-order valence-electron chi connectivity index (χ4n) is 1.84. The fraction of sp³-hybridized carbons (Fsp3) is 0.455. The highest BCUT2D eigenvalue weighted by Gasteiger charge is 2.20. The molecule has 2 aromatic heterocycles. The molecule has 1 unspecified atom stereocenters. The summed E-state index contributed by atoms with van der Waals surface area (Å²) in [5.41, 5.74) is -0.121. The molecule has 6 nitrogen and oxygen atoms in total. The first-order chi connectivity index (χ1) is 8.60. The minimum atomic E-state index is -1.02. The van der Waals surface area contributed by atoms with Crippen LogP contribution in [0.3, 0.4) is 0 Å². The standard InChI is InChI=1S/C11H14N2O4S/c1-2-8-9(16)12-3-4-18-11(12)13(10(8)17)5-7(15)6-14/h3-4,7,14-15H,2,5-6H2,1H3. The van der Waals surface area contributed by atoms with Gasteiger partial charge in [-0.1, -0.05) is 18.3 Å². The predicted octanol–water partition coefficient (Wildman–Crippen LogP) is -1.36. The summed E-state index contributed by atoms with van der Waals surface area (Å²) in [6, 6.07) is 0. The lowest BCUT2D eigenvalue weighted by molar-refractivity contribution is -0.720. The van der Waals surface area contributed by atoms with E-state index in [1.165, 1.54) is 20.3 Å². The maximum absolute atomic E-state index is 12.1. The van der Waals surface area contributed by atoms with Gasteiger partial charge in [-0.25, -0.2) is 9.36 Å². The Labute approximate surface area is 107 Å². The molecule has 0 aliphatic carbocycles. The Kier molecular flexibility index (Phi) is 3.65. The monoisotopic (exact) mass is 270 g/mol. The van der Waals surface area contributed by atoms with Gasteiger partial charge in [0.1, 0.15) is 18.8 Å². The smallest absolute Gasteiger partial charge is 0.348 e. The highest BCUT2D eigenvalue weighted by atomic mass is 32.1. The first-order valence-corrected chi connectivity index (χ1v) is 6.48. The van der Waals surface area contributed by atoms with Crippen molar-refractivity contribution in [3.63, 3.8) is 0 Å². The van der Waals surface area contributed by atoms with Gasteiger partial charge in [-0.3, -0.25) is 0 Å². The molecular weight excluding hydrogens is 256 g/mol. The molecule has 2 N–H and O–H groups in total. The van der Waals surface area contributed by atoms with Gasteiger partial charge in [0.15, 0.2) is 0 Å². The summed E-state index contributed by atoms with van der Waals surface area (Å²) in [5, 5.41) is 32.2. The lowest BCUT2D eigenvalue weighted by Gasteiger charge is -2.16. The SMILES string of the molecule is CCc1c([O-])[n+](CC(O)CO)c2sccn2c1=O. The second-order valence-corrected chi connectivity index (χ2v) is 4.82. The maximum atomic E-state index is 12.1. The molecule has 0 aromatic carbocycles.